The molecule has 2 aromatic rings. The van der Waals surface area contributed by atoms with Crippen LogP contribution in [0.5, 0.6) is 5.75 Å². The number of para-hydroxylation sites is 1. The first kappa shape index (κ1) is 15.2. The zero-order valence-corrected chi connectivity index (χ0v) is 12.8. The summed E-state index contributed by atoms with van der Waals surface area (Å²) in [5.41, 5.74) is 0.576. The van der Waals surface area contributed by atoms with Gasteiger partial charge in [0.05, 0.1) is 13.5 Å². The SMILES string of the molecule is COc1ccccc1Cc1noc(CC(=O)C(C)(C)C)n1. The van der Waals surface area contributed by atoms with E-state index in [9.17, 15) is 4.79 Å². The molecule has 5 nitrogen and oxygen atoms in total. The van der Waals surface area contributed by atoms with Gasteiger partial charge in [0, 0.05) is 17.4 Å². The molecule has 0 N–H and O–H groups in total. The predicted molar refractivity (Wildman–Crippen MR) is 78.3 cm³/mol. The topological polar surface area (TPSA) is 65.2 Å². The van der Waals surface area contributed by atoms with Crippen molar-refractivity contribution < 1.29 is 14.1 Å². The van der Waals surface area contributed by atoms with E-state index in [4.69, 9.17) is 9.26 Å². The Morgan fingerprint density at radius 2 is 2.00 bits per heavy atom. The summed E-state index contributed by atoms with van der Waals surface area (Å²) in [5.74, 6) is 1.78. The Labute approximate surface area is 124 Å². The zero-order chi connectivity index (χ0) is 15.5. The van der Waals surface area contributed by atoms with E-state index in [1.807, 2.05) is 45.0 Å². The summed E-state index contributed by atoms with van der Waals surface area (Å²) in [6.45, 7) is 5.63. The zero-order valence-electron chi connectivity index (χ0n) is 12.8. The van der Waals surface area contributed by atoms with Gasteiger partial charge in [0.1, 0.15) is 11.5 Å². The number of methoxy groups -OCH3 is 1. The van der Waals surface area contributed by atoms with Crippen molar-refractivity contribution in [2.24, 2.45) is 5.41 Å². The van der Waals surface area contributed by atoms with Crippen LogP contribution in [0.3, 0.4) is 0 Å². The number of benzene rings is 1. The van der Waals surface area contributed by atoms with Crippen molar-refractivity contribution in [1.29, 1.82) is 0 Å². The van der Waals surface area contributed by atoms with Crippen molar-refractivity contribution in [3.05, 3.63) is 41.5 Å². The number of Topliss-reactive ketones (excluding diaryl/α,β-unsaturated/α-hetero) is 1. The minimum Gasteiger partial charge on any atom is -0.496 e. The first-order valence-corrected chi connectivity index (χ1v) is 6.87. The maximum absolute atomic E-state index is 12.0. The number of ether oxygens (including phenoxy) is 1. The Balaban J connectivity index is 2.08. The van der Waals surface area contributed by atoms with Gasteiger partial charge in [0.2, 0.25) is 5.89 Å². The lowest BCUT2D eigenvalue weighted by Crippen LogP contribution is -2.22. The average Bonchev–Trinajstić information content (AvgIpc) is 2.85. The number of rotatable bonds is 5. The van der Waals surface area contributed by atoms with E-state index in [0.717, 1.165) is 11.3 Å². The Hall–Kier alpha value is -2.17. The molecule has 0 aliphatic heterocycles. The molecule has 0 atom stereocenters. The highest BCUT2D eigenvalue weighted by Gasteiger charge is 2.23. The van der Waals surface area contributed by atoms with Gasteiger partial charge >= 0.3 is 0 Å². The van der Waals surface area contributed by atoms with Crippen LogP contribution in [-0.4, -0.2) is 23.0 Å². The third-order valence-electron chi connectivity index (χ3n) is 3.20. The summed E-state index contributed by atoms with van der Waals surface area (Å²) in [5, 5.41) is 3.93. The van der Waals surface area contributed by atoms with Crippen molar-refractivity contribution in [2.75, 3.05) is 7.11 Å². The molecule has 0 unspecified atom stereocenters. The van der Waals surface area contributed by atoms with Gasteiger partial charge < -0.3 is 9.26 Å². The molecule has 0 saturated heterocycles. The van der Waals surface area contributed by atoms with Crippen LogP contribution in [-0.2, 0) is 17.6 Å². The van der Waals surface area contributed by atoms with Crippen LogP contribution in [0, 0.1) is 5.41 Å². The molecule has 0 radical (unpaired) electrons. The highest BCUT2D eigenvalue weighted by atomic mass is 16.5. The number of nitrogens with zero attached hydrogens (tertiary/aromatic N) is 2. The standard InChI is InChI=1S/C16H20N2O3/c1-16(2,3)13(19)10-15-17-14(18-21-15)9-11-7-5-6-8-12(11)20-4/h5-8H,9-10H2,1-4H3. The highest BCUT2D eigenvalue weighted by Crippen LogP contribution is 2.21. The van der Waals surface area contributed by atoms with Gasteiger partial charge in [0.15, 0.2) is 5.82 Å². The molecule has 0 aliphatic rings. The number of hydrogen-bond acceptors (Lipinski definition) is 5. The Kier molecular flexibility index (Phi) is 4.40. The lowest BCUT2D eigenvalue weighted by Gasteiger charge is -2.14. The van der Waals surface area contributed by atoms with Crippen molar-refractivity contribution in [2.45, 2.75) is 33.6 Å². The Morgan fingerprint density at radius 1 is 1.29 bits per heavy atom. The molecule has 0 fully saturated rings. The number of aromatic nitrogens is 2. The molecule has 0 aliphatic carbocycles. The summed E-state index contributed by atoms with van der Waals surface area (Å²) in [4.78, 5) is 16.2. The van der Waals surface area contributed by atoms with Crippen molar-refractivity contribution in [1.82, 2.24) is 10.1 Å². The average molecular weight is 288 g/mol. The second-order valence-corrected chi connectivity index (χ2v) is 5.94. The monoisotopic (exact) mass is 288 g/mol. The predicted octanol–water partition coefficient (Wildman–Crippen LogP) is 2.83. The van der Waals surface area contributed by atoms with Crippen LogP contribution in [0.15, 0.2) is 28.8 Å². The maximum atomic E-state index is 12.0. The van der Waals surface area contributed by atoms with E-state index in [2.05, 4.69) is 10.1 Å². The van der Waals surface area contributed by atoms with Crippen molar-refractivity contribution >= 4 is 5.78 Å². The normalized spacial score (nSPS) is 11.4. The fourth-order valence-electron chi connectivity index (χ4n) is 1.86. The van der Waals surface area contributed by atoms with E-state index in [1.165, 1.54) is 0 Å². The number of ketones is 1. The fraction of sp³-hybridized carbons (Fsp3) is 0.438. The molecule has 1 aromatic heterocycles. The Morgan fingerprint density at radius 3 is 2.67 bits per heavy atom. The van der Waals surface area contributed by atoms with Gasteiger partial charge in [-0.3, -0.25) is 4.79 Å². The van der Waals surface area contributed by atoms with Crippen LogP contribution >= 0.6 is 0 Å². The first-order valence-electron chi connectivity index (χ1n) is 6.87. The van der Waals surface area contributed by atoms with Gasteiger partial charge in [-0.05, 0) is 6.07 Å². The molecule has 1 heterocycles. The third-order valence-corrected chi connectivity index (χ3v) is 3.20. The third kappa shape index (κ3) is 3.90. The largest absolute Gasteiger partial charge is 0.496 e. The van der Waals surface area contributed by atoms with Crippen LogP contribution in [0.4, 0.5) is 0 Å². The van der Waals surface area contributed by atoms with Crippen molar-refractivity contribution in [3.8, 4) is 5.75 Å². The Bertz CT molecular complexity index is 626. The minimum absolute atomic E-state index is 0.0787. The summed E-state index contributed by atoms with van der Waals surface area (Å²) in [6, 6.07) is 7.68. The van der Waals surface area contributed by atoms with Crippen LogP contribution in [0.2, 0.25) is 0 Å². The fourth-order valence-corrected chi connectivity index (χ4v) is 1.86. The number of hydrogen-bond donors (Lipinski definition) is 0. The molecular formula is C16H20N2O3. The molecule has 5 heteroatoms. The quantitative estimate of drug-likeness (QED) is 0.846. The van der Waals surface area contributed by atoms with Crippen molar-refractivity contribution in [3.63, 3.8) is 0 Å². The highest BCUT2D eigenvalue weighted by molar-refractivity contribution is 5.84. The maximum Gasteiger partial charge on any atom is 0.234 e. The number of carbonyl (C=O) groups is 1. The molecule has 0 spiro atoms. The summed E-state index contributed by atoms with van der Waals surface area (Å²) >= 11 is 0. The van der Waals surface area contributed by atoms with Crippen LogP contribution in [0.1, 0.15) is 38.0 Å². The summed E-state index contributed by atoms with van der Waals surface area (Å²) in [6.07, 6.45) is 0.680. The lowest BCUT2D eigenvalue weighted by molar-refractivity contribution is -0.125. The molecule has 0 saturated carbocycles. The molecule has 1 aromatic carbocycles. The summed E-state index contributed by atoms with van der Waals surface area (Å²) in [7, 11) is 1.63. The van der Waals surface area contributed by atoms with E-state index in [-0.39, 0.29) is 12.2 Å². The molecular weight excluding hydrogens is 268 g/mol. The molecule has 0 amide bonds. The number of carbonyl (C=O) groups excluding carboxylic acids is 1. The van der Waals surface area contributed by atoms with Gasteiger partial charge in [0.25, 0.3) is 0 Å². The minimum atomic E-state index is -0.405. The molecule has 112 valence electrons. The van der Waals surface area contributed by atoms with Gasteiger partial charge in [-0.2, -0.15) is 4.98 Å². The first-order chi connectivity index (χ1) is 9.90. The van der Waals surface area contributed by atoms with Gasteiger partial charge in [-0.15, -0.1) is 0 Å². The van der Waals surface area contributed by atoms with E-state index < -0.39 is 5.41 Å². The van der Waals surface area contributed by atoms with Crippen LogP contribution < -0.4 is 4.74 Å². The molecule has 0 bridgehead atoms. The second kappa shape index (κ2) is 6.08. The summed E-state index contributed by atoms with van der Waals surface area (Å²) < 4.78 is 10.4. The lowest BCUT2D eigenvalue weighted by atomic mass is 9.89. The van der Waals surface area contributed by atoms with Gasteiger partial charge in [-0.25, -0.2) is 0 Å². The molecule has 2 rings (SSSR count). The van der Waals surface area contributed by atoms with E-state index in [0.29, 0.717) is 18.1 Å². The second-order valence-electron chi connectivity index (χ2n) is 5.94. The molecule has 21 heavy (non-hydrogen) atoms. The van der Waals surface area contributed by atoms with E-state index >= 15 is 0 Å². The van der Waals surface area contributed by atoms with Gasteiger partial charge in [-0.1, -0.05) is 44.1 Å². The van der Waals surface area contributed by atoms with E-state index in [1.54, 1.807) is 7.11 Å². The van der Waals surface area contributed by atoms with Crippen LogP contribution in [0.25, 0.3) is 0 Å². The smallest absolute Gasteiger partial charge is 0.234 e.